The van der Waals surface area contributed by atoms with Gasteiger partial charge in [-0.3, -0.25) is 9.69 Å². The van der Waals surface area contributed by atoms with Crippen molar-refractivity contribution >= 4 is 11.7 Å². The molecule has 0 aliphatic carbocycles. The van der Waals surface area contributed by atoms with Crippen LogP contribution in [0.25, 0.3) is 0 Å². The van der Waals surface area contributed by atoms with Gasteiger partial charge in [-0.15, -0.1) is 0 Å². The molecule has 0 atom stereocenters. The van der Waals surface area contributed by atoms with E-state index in [-0.39, 0.29) is 5.91 Å². The van der Waals surface area contributed by atoms with E-state index in [9.17, 15) is 4.79 Å². The van der Waals surface area contributed by atoms with Crippen LogP contribution in [0.15, 0.2) is 18.3 Å². The third kappa shape index (κ3) is 4.61. The molecule has 19 heavy (non-hydrogen) atoms. The molecule has 5 heteroatoms. The smallest absolute Gasteiger partial charge is 0.239 e. The number of hydrogen-bond acceptors (Lipinski definition) is 4. The summed E-state index contributed by atoms with van der Waals surface area (Å²) in [7, 11) is 2.13. The molecule has 1 N–H and O–H groups in total. The van der Waals surface area contributed by atoms with Gasteiger partial charge in [0.05, 0.1) is 6.54 Å². The van der Waals surface area contributed by atoms with Crippen molar-refractivity contribution in [3.63, 3.8) is 0 Å². The molecule has 2 rings (SSSR count). The Kier molecular flexibility index (Phi) is 4.87. The van der Waals surface area contributed by atoms with Gasteiger partial charge in [0.1, 0.15) is 5.82 Å². The van der Waals surface area contributed by atoms with E-state index in [2.05, 4.69) is 27.1 Å². The van der Waals surface area contributed by atoms with Crippen LogP contribution in [0.1, 0.15) is 12.0 Å². The van der Waals surface area contributed by atoms with Crippen molar-refractivity contribution in [3.8, 4) is 0 Å². The van der Waals surface area contributed by atoms with Crippen LogP contribution < -0.4 is 5.32 Å². The number of aromatic nitrogens is 1. The van der Waals surface area contributed by atoms with Gasteiger partial charge < -0.3 is 10.2 Å². The van der Waals surface area contributed by atoms with E-state index in [0.717, 1.165) is 38.2 Å². The normalized spacial score (nSPS) is 18.0. The molecule has 5 nitrogen and oxygen atoms in total. The first-order chi connectivity index (χ1) is 9.13. The number of amides is 1. The summed E-state index contributed by atoms with van der Waals surface area (Å²) in [5.74, 6) is 0.652. The number of nitrogens with one attached hydrogen (secondary N) is 1. The predicted molar refractivity (Wildman–Crippen MR) is 76.2 cm³/mol. The molecule has 0 aromatic carbocycles. The molecule has 1 amide bonds. The fourth-order valence-corrected chi connectivity index (χ4v) is 2.25. The topological polar surface area (TPSA) is 48.5 Å². The van der Waals surface area contributed by atoms with Gasteiger partial charge in [0.2, 0.25) is 5.91 Å². The molecule has 1 saturated heterocycles. The molecular weight excluding hydrogens is 240 g/mol. The summed E-state index contributed by atoms with van der Waals surface area (Å²) in [6, 6.07) is 3.80. The Morgan fingerprint density at radius 3 is 3.00 bits per heavy atom. The number of aryl methyl sites for hydroxylation is 1. The molecule has 0 radical (unpaired) electrons. The second-order valence-electron chi connectivity index (χ2n) is 5.20. The van der Waals surface area contributed by atoms with E-state index in [1.54, 1.807) is 6.20 Å². The molecule has 1 aromatic rings. The van der Waals surface area contributed by atoms with Gasteiger partial charge in [0.15, 0.2) is 0 Å². The first-order valence-electron chi connectivity index (χ1n) is 6.77. The molecule has 0 bridgehead atoms. The summed E-state index contributed by atoms with van der Waals surface area (Å²) >= 11 is 0. The molecule has 104 valence electrons. The van der Waals surface area contributed by atoms with Crippen LogP contribution >= 0.6 is 0 Å². The van der Waals surface area contributed by atoms with Crippen LogP contribution in [0, 0.1) is 6.92 Å². The first kappa shape index (κ1) is 14.0. The SMILES string of the molecule is Cc1ccnc(NC(=O)CN2CCCN(C)CC2)c1. The lowest BCUT2D eigenvalue weighted by Gasteiger charge is -2.19. The average molecular weight is 262 g/mol. The van der Waals surface area contributed by atoms with Crippen molar-refractivity contribution in [3.05, 3.63) is 23.9 Å². The summed E-state index contributed by atoms with van der Waals surface area (Å²) < 4.78 is 0. The van der Waals surface area contributed by atoms with Crippen molar-refractivity contribution in [1.29, 1.82) is 0 Å². The molecule has 0 spiro atoms. The number of likely N-dealkylation sites (N-methyl/N-ethyl adjacent to an activating group) is 1. The standard InChI is InChI=1S/C14H22N4O/c1-12-4-5-15-13(10-12)16-14(19)11-18-7-3-6-17(2)8-9-18/h4-5,10H,3,6-9,11H2,1-2H3,(H,15,16,19). The van der Waals surface area contributed by atoms with E-state index in [1.807, 2.05) is 19.1 Å². The number of carbonyl (C=O) groups excluding carboxylic acids is 1. The zero-order valence-electron chi connectivity index (χ0n) is 11.7. The minimum atomic E-state index is 0.0163. The van der Waals surface area contributed by atoms with Gasteiger partial charge in [0.25, 0.3) is 0 Å². The summed E-state index contributed by atoms with van der Waals surface area (Å²) in [6.07, 6.45) is 2.83. The molecule has 1 aliphatic heterocycles. The molecule has 1 aromatic heterocycles. The molecule has 1 aliphatic rings. The highest BCUT2D eigenvalue weighted by Gasteiger charge is 2.15. The van der Waals surface area contributed by atoms with Crippen molar-refractivity contribution in [2.75, 3.05) is 45.1 Å². The quantitative estimate of drug-likeness (QED) is 0.881. The minimum Gasteiger partial charge on any atom is -0.310 e. The summed E-state index contributed by atoms with van der Waals surface area (Å²) in [5, 5.41) is 2.86. The first-order valence-corrected chi connectivity index (χ1v) is 6.77. The average Bonchev–Trinajstić information content (AvgIpc) is 2.54. The lowest BCUT2D eigenvalue weighted by molar-refractivity contribution is -0.117. The molecular formula is C14H22N4O. The highest BCUT2D eigenvalue weighted by molar-refractivity contribution is 5.91. The Morgan fingerprint density at radius 2 is 2.21 bits per heavy atom. The monoisotopic (exact) mass is 262 g/mol. The number of nitrogens with zero attached hydrogens (tertiary/aromatic N) is 3. The zero-order chi connectivity index (χ0) is 13.7. The van der Waals surface area contributed by atoms with E-state index < -0.39 is 0 Å². The Hall–Kier alpha value is -1.46. The lowest BCUT2D eigenvalue weighted by atomic mass is 10.3. The van der Waals surface area contributed by atoms with Crippen molar-refractivity contribution < 1.29 is 4.79 Å². The summed E-state index contributed by atoms with van der Waals surface area (Å²) in [6.45, 7) is 6.50. The van der Waals surface area contributed by atoms with Crippen LogP contribution in [0.4, 0.5) is 5.82 Å². The molecule has 0 saturated carbocycles. The molecule has 2 heterocycles. The fourth-order valence-electron chi connectivity index (χ4n) is 2.25. The van der Waals surface area contributed by atoms with E-state index in [0.29, 0.717) is 12.4 Å². The number of anilines is 1. The second-order valence-corrected chi connectivity index (χ2v) is 5.20. The lowest BCUT2D eigenvalue weighted by Crippen LogP contribution is -2.36. The Bertz CT molecular complexity index is 435. The van der Waals surface area contributed by atoms with Crippen molar-refractivity contribution in [1.82, 2.24) is 14.8 Å². The van der Waals surface area contributed by atoms with E-state index in [1.165, 1.54) is 0 Å². The number of carbonyl (C=O) groups is 1. The Morgan fingerprint density at radius 1 is 1.37 bits per heavy atom. The largest absolute Gasteiger partial charge is 0.310 e. The van der Waals surface area contributed by atoms with Crippen LogP contribution in [0.5, 0.6) is 0 Å². The number of rotatable bonds is 3. The van der Waals surface area contributed by atoms with Gasteiger partial charge in [-0.2, -0.15) is 0 Å². The molecule has 1 fully saturated rings. The maximum absolute atomic E-state index is 12.0. The van der Waals surface area contributed by atoms with Crippen LogP contribution in [-0.4, -0.2) is 60.5 Å². The van der Waals surface area contributed by atoms with Crippen LogP contribution in [0.3, 0.4) is 0 Å². The van der Waals surface area contributed by atoms with Gasteiger partial charge in [-0.05, 0) is 51.2 Å². The van der Waals surface area contributed by atoms with E-state index >= 15 is 0 Å². The van der Waals surface area contributed by atoms with Gasteiger partial charge >= 0.3 is 0 Å². The third-order valence-corrected chi connectivity index (χ3v) is 3.36. The maximum atomic E-state index is 12.0. The van der Waals surface area contributed by atoms with E-state index in [4.69, 9.17) is 0 Å². The second kappa shape index (κ2) is 6.63. The van der Waals surface area contributed by atoms with Crippen LogP contribution in [-0.2, 0) is 4.79 Å². The van der Waals surface area contributed by atoms with Gasteiger partial charge in [0, 0.05) is 19.3 Å². The third-order valence-electron chi connectivity index (χ3n) is 3.36. The van der Waals surface area contributed by atoms with Gasteiger partial charge in [-0.25, -0.2) is 4.98 Å². The summed E-state index contributed by atoms with van der Waals surface area (Å²) in [5.41, 5.74) is 1.10. The Labute approximate surface area is 114 Å². The fraction of sp³-hybridized carbons (Fsp3) is 0.571. The minimum absolute atomic E-state index is 0.0163. The number of pyridine rings is 1. The number of hydrogen-bond donors (Lipinski definition) is 1. The van der Waals surface area contributed by atoms with Crippen LogP contribution in [0.2, 0.25) is 0 Å². The zero-order valence-corrected chi connectivity index (χ0v) is 11.7. The molecule has 0 unspecified atom stereocenters. The highest BCUT2D eigenvalue weighted by Crippen LogP contribution is 2.06. The predicted octanol–water partition coefficient (Wildman–Crippen LogP) is 0.966. The van der Waals surface area contributed by atoms with Crippen molar-refractivity contribution in [2.45, 2.75) is 13.3 Å². The van der Waals surface area contributed by atoms with Crippen molar-refractivity contribution in [2.24, 2.45) is 0 Å². The maximum Gasteiger partial charge on any atom is 0.239 e. The summed E-state index contributed by atoms with van der Waals surface area (Å²) in [4.78, 5) is 20.6. The Balaban J connectivity index is 1.84. The van der Waals surface area contributed by atoms with Gasteiger partial charge in [-0.1, -0.05) is 0 Å². The highest BCUT2D eigenvalue weighted by atomic mass is 16.2.